The summed E-state index contributed by atoms with van der Waals surface area (Å²) in [6.07, 6.45) is 8.80. The molecule has 0 unspecified atom stereocenters. The van der Waals surface area contributed by atoms with Gasteiger partial charge in [0.05, 0.1) is 5.92 Å². The summed E-state index contributed by atoms with van der Waals surface area (Å²) in [6.45, 7) is 9.56. The highest BCUT2D eigenvalue weighted by molar-refractivity contribution is 5.78. The van der Waals surface area contributed by atoms with Crippen molar-refractivity contribution in [1.29, 1.82) is 0 Å². The van der Waals surface area contributed by atoms with E-state index in [-0.39, 0.29) is 11.8 Å². The Hall–Kier alpha value is -2.44. The number of amides is 1. The first-order chi connectivity index (χ1) is 14.5. The average Bonchev–Trinajstić information content (AvgIpc) is 3.21. The zero-order chi connectivity index (χ0) is 21.3. The first-order valence-corrected chi connectivity index (χ1v) is 11.3. The number of carbonyl (C=O) groups excluding carboxylic acids is 1. The zero-order valence-corrected chi connectivity index (χ0v) is 18.8. The topological polar surface area (TPSA) is 67.2 Å². The van der Waals surface area contributed by atoms with Gasteiger partial charge in [-0.1, -0.05) is 13.8 Å². The van der Waals surface area contributed by atoms with Crippen LogP contribution in [0.2, 0.25) is 0 Å². The molecule has 2 aliphatic rings. The van der Waals surface area contributed by atoms with Crippen LogP contribution >= 0.6 is 0 Å². The van der Waals surface area contributed by atoms with Crippen LogP contribution in [-0.2, 0) is 24.2 Å². The van der Waals surface area contributed by atoms with E-state index in [1.807, 2.05) is 24.2 Å². The Bertz CT molecular complexity index is 899. The highest BCUT2D eigenvalue weighted by Gasteiger charge is 2.30. The molecule has 0 N–H and O–H groups in total. The zero-order valence-electron chi connectivity index (χ0n) is 18.8. The smallest absolute Gasteiger partial charge is 0.227 e. The molecule has 2 aromatic rings. The van der Waals surface area contributed by atoms with Gasteiger partial charge in [-0.3, -0.25) is 4.79 Å². The van der Waals surface area contributed by atoms with Crippen molar-refractivity contribution >= 4 is 11.7 Å². The summed E-state index contributed by atoms with van der Waals surface area (Å²) in [5.74, 6) is 3.65. The van der Waals surface area contributed by atoms with Crippen molar-refractivity contribution in [2.45, 2.75) is 65.3 Å². The molecule has 7 nitrogen and oxygen atoms in total. The fourth-order valence-corrected chi connectivity index (χ4v) is 4.86. The maximum absolute atomic E-state index is 13.0. The van der Waals surface area contributed by atoms with E-state index < -0.39 is 0 Å². The summed E-state index contributed by atoms with van der Waals surface area (Å²) in [6, 6.07) is 0. The molecule has 0 aliphatic carbocycles. The molecular formula is C23H34N6O. The lowest BCUT2D eigenvalue weighted by Crippen LogP contribution is -2.42. The van der Waals surface area contributed by atoms with Gasteiger partial charge >= 0.3 is 0 Å². The second-order valence-corrected chi connectivity index (χ2v) is 8.84. The largest absolute Gasteiger partial charge is 0.359 e. The van der Waals surface area contributed by atoms with Gasteiger partial charge in [-0.15, -0.1) is 0 Å². The van der Waals surface area contributed by atoms with Crippen LogP contribution in [0.4, 0.5) is 5.82 Å². The molecule has 4 rings (SSSR count). The second-order valence-electron chi connectivity index (χ2n) is 8.84. The Morgan fingerprint density at radius 3 is 2.73 bits per heavy atom. The van der Waals surface area contributed by atoms with E-state index in [1.165, 1.54) is 12.0 Å². The molecule has 1 atom stereocenters. The molecule has 4 heterocycles. The fourth-order valence-electron chi connectivity index (χ4n) is 4.86. The minimum absolute atomic E-state index is 0.0445. The minimum atomic E-state index is -0.0445. The number of imidazole rings is 1. The molecule has 0 aromatic carbocycles. The number of rotatable bonds is 5. The lowest BCUT2D eigenvalue weighted by atomic mass is 9.94. The lowest BCUT2D eigenvalue weighted by molar-refractivity contribution is -0.136. The molecule has 0 saturated carbocycles. The van der Waals surface area contributed by atoms with E-state index in [0.29, 0.717) is 12.5 Å². The summed E-state index contributed by atoms with van der Waals surface area (Å²) in [5, 5.41) is 0. The highest BCUT2D eigenvalue weighted by Crippen LogP contribution is 2.31. The van der Waals surface area contributed by atoms with Gasteiger partial charge in [-0.25, -0.2) is 15.0 Å². The van der Waals surface area contributed by atoms with Crippen LogP contribution in [-0.4, -0.2) is 57.0 Å². The second kappa shape index (κ2) is 8.74. The molecule has 162 valence electrons. The SMILES string of the molecule is CCc1nccn1C[C@H](C)C(=O)N1CCC(c2nc(C)c3c(n2)N(C)CCC3)CC1. The summed E-state index contributed by atoms with van der Waals surface area (Å²) in [4.78, 5) is 31.5. The number of nitrogens with zero attached hydrogens (tertiary/aromatic N) is 6. The number of anilines is 1. The highest BCUT2D eigenvalue weighted by atomic mass is 16.2. The molecule has 0 spiro atoms. The van der Waals surface area contributed by atoms with Crippen molar-refractivity contribution in [3.8, 4) is 0 Å². The summed E-state index contributed by atoms with van der Waals surface area (Å²) < 4.78 is 2.11. The number of hydrogen-bond acceptors (Lipinski definition) is 5. The van der Waals surface area contributed by atoms with Crippen molar-refractivity contribution in [1.82, 2.24) is 24.4 Å². The number of likely N-dealkylation sites (tertiary alicyclic amines) is 1. The average molecular weight is 411 g/mol. The van der Waals surface area contributed by atoms with Crippen LogP contribution < -0.4 is 4.90 Å². The van der Waals surface area contributed by atoms with Crippen molar-refractivity contribution < 1.29 is 4.79 Å². The Kier molecular flexibility index (Phi) is 6.06. The molecular weight excluding hydrogens is 376 g/mol. The summed E-state index contributed by atoms with van der Waals surface area (Å²) in [7, 11) is 2.13. The minimum Gasteiger partial charge on any atom is -0.359 e. The summed E-state index contributed by atoms with van der Waals surface area (Å²) in [5.41, 5.74) is 2.43. The molecule has 2 aromatic heterocycles. The maximum Gasteiger partial charge on any atom is 0.227 e. The molecule has 1 amide bonds. The fraction of sp³-hybridized carbons (Fsp3) is 0.652. The monoisotopic (exact) mass is 410 g/mol. The van der Waals surface area contributed by atoms with E-state index in [1.54, 1.807) is 0 Å². The first-order valence-electron chi connectivity index (χ1n) is 11.3. The van der Waals surface area contributed by atoms with E-state index >= 15 is 0 Å². The van der Waals surface area contributed by atoms with E-state index in [0.717, 1.165) is 68.5 Å². The molecule has 1 fully saturated rings. The van der Waals surface area contributed by atoms with Crippen molar-refractivity contribution in [2.24, 2.45) is 5.92 Å². The molecule has 7 heteroatoms. The molecule has 2 aliphatic heterocycles. The predicted octanol–water partition coefficient (Wildman–Crippen LogP) is 2.97. The van der Waals surface area contributed by atoms with Gasteiger partial charge in [-0.05, 0) is 32.6 Å². The van der Waals surface area contributed by atoms with E-state index in [2.05, 4.69) is 35.3 Å². The van der Waals surface area contributed by atoms with Crippen LogP contribution in [0, 0.1) is 12.8 Å². The van der Waals surface area contributed by atoms with Crippen LogP contribution in [0.3, 0.4) is 0 Å². The standard InChI is InChI=1S/C23H34N6O/c1-5-20-24-10-14-29(20)15-16(2)23(30)28-12-8-18(9-13-28)21-25-17(3)19-7-6-11-27(4)22(19)26-21/h10,14,16,18H,5-9,11-13,15H2,1-4H3/t16-/m0/s1. The first kappa shape index (κ1) is 20.8. The van der Waals surface area contributed by atoms with Gasteiger partial charge in [0.15, 0.2) is 0 Å². The Labute approximate surface area is 179 Å². The third-order valence-corrected chi connectivity index (χ3v) is 6.67. The normalized spacial score (nSPS) is 18.4. The van der Waals surface area contributed by atoms with Crippen LogP contribution in [0.5, 0.6) is 0 Å². The number of aryl methyl sites for hydroxylation is 2. The molecule has 0 bridgehead atoms. The van der Waals surface area contributed by atoms with Gasteiger partial charge in [0.25, 0.3) is 0 Å². The van der Waals surface area contributed by atoms with Crippen LogP contribution in [0.1, 0.15) is 61.9 Å². The predicted molar refractivity (Wildman–Crippen MR) is 118 cm³/mol. The van der Waals surface area contributed by atoms with Gasteiger partial charge in [0, 0.05) is 69.2 Å². The van der Waals surface area contributed by atoms with E-state index in [4.69, 9.17) is 9.97 Å². The van der Waals surface area contributed by atoms with Gasteiger partial charge in [0.1, 0.15) is 17.5 Å². The van der Waals surface area contributed by atoms with Crippen LogP contribution in [0.25, 0.3) is 0 Å². The van der Waals surface area contributed by atoms with Crippen molar-refractivity contribution in [2.75, 3.05) is 31.6 Å². The quantitative estimate of drug-likeness (QED) is 0.758. The molecule has 30 heavy (non-hydrogen) atoms. The third kappa shape index (κ3) is 4.07. The number of hydrogen-bond donors (Lipinski definition) is 0. The third-order valence-electron chi connectivity index (χ3n) is 6.67. The molecule has 0 radical (unpaired) electrons. The van der Waals surface area contributed by atoms with E-state index in [9.17, 15) is 4.79 Å². The molecule has 1 saturated heterocycles. The Morgan fingerprint density at radius 1 is 1.23 bits per heavy atom. The summed E-state index contributed by atoms with van der Waals surface area (Å²) >= 11 is 0. The van der Waals surface area contributed by atoms with Crippen LogP contribution in [0.15, 0.2) is 12.4 Å². The van der Waals surface area contributed by atoms with Gasteiger partial charge in [-0.2, -0.15) is 0 Å². The number of aromatic nitrogens is 4. The number of carbonyl (C=O) groups is 1. The van der Waals surface area contributed by atoms with Crippen molar-refractivity contribution in [3.63, 3.8) is 0 Å². The number of fused-ring (bicyclic) bond motifs is 1. The Balaban J connectivity index is 1.38. The van der Waals surface area contributed by atoms with Crippen molar-refractivity contribution in [3.05, 3.63) is 35.3 Å². The van der Waals surface area contributed by atoms with Gasteiger partial charge in [0.2, 0.25) is 5.91 Å². The lowest BCUT2D eigenvalue weighted by Gasteiger charge is -2.34. The van der Waals surface area contributed by atoms with Gasteiger partial charge < -0.3 is 14.4 Å². The Morgan fingerprint density at radius 2 is 2.00 bits per heavy atom. The number of piperidine rings is 1. The maximum atomic E-state index is 13.0.